The van der Waals surface area contributed by atoms with E-state index in [0.29, 0.717) is 24.5 Å². The molecule has 0 radical (unpaired) electrons. The van der Waals surface area contributed by atoms with Gasteiger partial charge in [-0.3, -0.25) is 0 Å². The molecule has 0 saturated carbocycles. The Balaban J connectivity index is 2.77. The Bertz CT molecular complexity index is 326. The molecule has 0 aliphatic carbocycles. The molecule has 15 heavy (non-hydrogen) atoms. The minimum absolute atomic E-state index is 0.00167. The van der Waals surface area contributed by atoms with Gasteiger partial charge in [0.15, 0.2) is 0 Å². The first-order valence-electron chi connectivity index (χ1n) is 4.64. The lowest BCUT2D eigenvalue weighted by atomic mass is 10.3. The molecule has 1 aromatic heterocycles. The van der Waals surface area contributed by atoms with Crippen LogP contribution in [0.1, 0.15) is 5.56 Å². The number of nitriles is 1. The molecular formula is C10H13N3O2. The van der Waals surface area contributed by atoms with Crippen molar-refractivity contribution in [3.05, 3.63) is 23.9 Å². The largest absolute Gasteiger partial charge is 0.395 e. The highest BCUT2D eigenvalue weighted by atomic mass is 16.3. The van der Waals surface area contributed by atoms with Crippen LogP contribution in [0.3, 0.4) is 0 Å². The van der Waals surface area contributed by atoms with Crippen molar-refractivity contribution in [2.45, 2.75) is 0 Å². The van der Waals surface area contributed by atoms with Crippen molar-refractivity contribution in [3.8, 4) is 6.07 Å². The predicted molar refractivity (Wildman–Crippen MR) is 55.3 cm³/mol. The zero-order valence-electron chi connectivity index (χ0n) is 8.30. The first kappa shape index (κ1) is 11.4. The zero-order chi connectivity index (χ0) is 11.1. The molecule has 0 atom stereocenters. The topological polar surface area (TPSA) is 80.4 Å². The van der Waals surface area contributed by atoms with Gasteiger partial charge in [0.25, 0.3) is 0 Å². The summed E-state index contributed by atoms with van der Waals surface area (Å²) in [4.78, 5) is 5.82. The number of anilines is 1. The van der Waals surface area contributed by atoms with Crippen molar-refractivity contribution in [2.24, 2.45) is 0 Å². The van der Waals surface area contributed by atoms with Crippen molar-refractivity contribution < 1.29 is 10.2 Å². The van der Waals surface area contributed by atoms with E-state index in [1.165, 1.54) is 6.20 Å². The van der Waals surface area contributed by atoms with Crippen LogP contribution in [0.2, 0.25) is 0 Å². The second-order valence-corrected chi connectivity index (χ2v) is 2.95. The molecule has 0 unspecified atom stereocenters. The highest BCUT2D eigenvalue weighted by Gasteiger charge is 2.05. The lowest BCUT2D eigenvalue weighted by Gasteiger charge is -2.21. The first-order chi connectivity index (χ1) is 7.31. The Hall–Kier alpha value is -1.64. The Kier molecular flexibility index (Phi) is 4.54. The van der Waals surface area contributed by atoms with Gasteiger partial charge in [0, 0.05) is 19.3 Å². The van der Waals surface area contributed by atoms with Gasteiger partial charge in [-0.1, -0.05) is 0 Å². The maximum absolute atomic E-state index is 8.82. The number of rotatable bonds is 5. The third kappa shape index (κ3) is 3.20. The van der Waals surface area contributed by atoms with E-state index < -0.39 is 0 Å². The SMILES string of the molecule is N#Cc1ccc(N(CCO)CCO)nc1. The lowest BCUT2D eigenvalue weighted by Crippen LogP contribution is -2.30. The molecule has 5 nitrogen and oxygen atoms in total. The van der Waals surface area contributed by atoms with Crippen LogP contribution in [0, 0.1) is 11.3 Å². The van der Waals surface area contributed by atoms with Gasteiger partial charge in [0.05, 0.1) is 18.8 Å². The summed E-state index contributed by atoms with van der Waals surface area (Å²) < 4.78 is 0. The van der Waals surface area contributed by atoms with E-state index in [1.54, 1.807) is 17.0 Å². The van der Waals surface area contributed by atoms with Crippen LogP contribution in [0.4, 0.5) is 5.82 Å². The normalized spacial score (nSPS) is 9.67. The lowest BCUT2D eigenvalue weighted by molar-refractivity contribution is 0.280. The molecule has 0 spiro atoms. The summed E-state index contributed by atoms with van der Waals surface area (Å²) in [7, 11) is 0. The van der Waals surface area contributed by atoms with E-state index in [4.69, 9.17) is 15.5 Å². The van der Waals surface area contributed by atoms with E-state index in [1.807, 2.05) is 6.07 Å². The fraction of sp³-hybridized carbons (Fsp3) is 0.400. The minimum atomic E-state index is 0.00167. The first-order valence-corrected chi connectivity index (χ1v) is 4.64. The summed E-state index contributed by atoms with van der Waals surface area (Å²) in [6.07, 6.45) is 1.47. The van der Waals surface area contributed by atoms with Crippen LogP contribution in [-0.4, -0.2) is 41.5 Å². The van der Waals surface area contributed by atoms with Gasteiger partial charge in [-0.2, -0.15) is 5.26 Å². The predicted octanol–water partition coefficient (Wildman–Crippen LogP) is -0.256. The van der Waals surface area contributed by atoms with E-state index in [2.05, 4.69) is 4.98 Å². The molecular weight excluding hydrogens is 194 g/mol. The molecule has 1 rings (SSSR count). The molecule has 80 valence electrons. The molecule has 0 aromatic carbocycles. The second kappa shape index (κ2) is 5.96. The van der Waals surface area contributed by atoms with E-state index >= 15 is 0 Å². The van der Waals surface area contributed by atoms with Gasteiger partial charge in [-0.25, -0.2) is 4.98 Å². The molecule has 0 amide bonds. The number of hydrogen-bond donors (Lipinski definition) is 2. The van der Waals surface area contributed by atoms with Crippen LogP contribution < -0.4 is 4.90 Å². The number of aliphatic hydroxyl groups is 2. The molecule has 5 heteroatoms. The molecule has 2 N–H and O–H groups in total. The summed E-state index contributed by atoms with van der Waals surface area (Å²) in [5.74, 6) is 0.650. The van der Waals surface area contributed by atoms with Crippen LogP contribution >= 0.6 is 0 Å². The fourth-order valence-electron chi connectivity index (χ4n) is 1.22. The summed E-state index contributed by atoms with van der Waals surface area (Å²) >= 11 is 0. The molecule has 0 saturated heterocycles. The molecule has 0 aliphatic heterocycles. The fourth-order valence-corrected chi connectivity index (χ4v) is 1.22. The number of nitrogens with zero attached hydrogens (tertiary/aromatic N) is 3. The number of pyridine rings is 1. The van der Waals surface area contributed by atoms with Crippen molar-refractivity contribution in [1.82, 2.24) is 4.98 Å². The Morgan fingerprint density at radius 1 is 1.27 bits per heavy atom. The summed E-state index contributed by atoms with van der Waals surface area (Å²) in [5, 5.41) is 26.2. The van der Waals surface area contributed by atoms with Crippen molar-refractivity contribution in [3.63, 3.8) is 0 Å². The van der Waals surface area contributed by atoms with Crippen molar-refractivity contribution in [2.75, 3.05) is 31.2 Å². The summed E-state index contributed by atoms with van der Waals surface area (Å²) in [6, 6.07) is 5.33. The minimum Gasteiger partial charge on any atom is -0.395 e. The standard InChI is InChI=1S/C10H13N3O2/c11-7-9-1-2-10(12-8-9)13(3-5-14)4-6-15/h1-2,8,14-15H,3-6H2. The molecule has 1 heterocycles. The van der Waals surface area contributed by atoms with Crippen LogP contribution in [0.15, 0.2) is 18.3 Å². The summed E-state index contributed by atoms with van der Waals surface area (Å²) in [6.45, 7) is 0.836. The van der Waals surface area contributed by atoms with Crippen molar-refractivity contribution >= 4 is 5.82 Å². The average Bonchev–Trinajstić information content (AvgIpc) is 2.29. The van der Waals surface area contributed by atoms with E-state index in [-0.39, 0.29) is 13.2 Å². The smallest absolute Gasteiger partial charge is 0.128 e. The van der Waals surface area contributed by atoms with Gasteiger partial charge >= 0.3 is 0 Å². The van der Waals surface area contributed by atoms with Gasteiger partial charge in [-0.05, 0) is 12.1 Å². The maximum Gasteiger partial charge on any atom is 0.128 e. The third-order valence-electron chi connectivity index (χ3n) is 1.94. The maximum atomic E-state index is 8.82. The Morgan fingerprint density at radius 3 is 2.33 bits per heavy atom. The van der Waals surface area contributed by atoms with Gasteiger partial charge < -0.3 is 15.1 Å². The molecule has 1 aromatic rings. The third-order valence-corrected chi connectivity index (χ3v) is 1.94. The average molecular weight is 207 g/mol. The number of aliphatic hydroxyl groups excluding tert-OH is 2. The molecule has 0 aliphatic rings. The van der Waals surface area contributed by atoms with Crippen molar-refractivity contribution in [1.29, 1.82) is 5.26 Å². The highest BCUT2D eigenvalue weighted by Crippen LogP contribution is 2.09. The zero-order valence-corrected chi connectivity index (χ0v) is 8.30. The quantitative estimate of drug-likeness (QED) is 0.695. The van der Waals surface area contributed by atoms with Crippen LogP contribution in [0.5, 0.6) is 0 Å². The van der Waals surface area contributed by atoms with Gasteiger partial charge in [0.2, 0.25) is 0 Å². The van der Waals surface area contributed by atoms with E-state index in [0.717, 1.165) is 0 Å². The molecule has 0 fully saturated rings. The summed E-state index contributed by atoms with van der Waals surface area (Å²) in [5.41, 5.74) is 0.492. The highest BCUT2D eigenvalue weighted by molar-refractivity contribution is 5.41. The van der Waals surface area contributed by atoms with E-state index in [9.17, 15) is 0 Å². The number of aromatic nitrogens is 1. The second-order valence-electron chi connectivity index (χ2n) is 2.95. The number of hydrogen-bond acceptors (Lipinski definition) is 5. The van der Waals surface area contributed by atoms with Crippen LogP contribution in [-0.2, 0) is 0 Å². The Morgan fingerprint density at radius 2 is 1.93 bits per heavy atom. The Labute approximate surface area is 88.2 Å². The van der Waals surface area contributed by atoms with Crippen LogP contribution in [0.25, 0.3) is 0 Å². The molecule has 0 bridgehead atoms. The monoisotopic (exact) mass is 207 g/mol. The van der Waals surface area contributed by atoms with Gasteiger partial charge in [0.1, 0.15) is 11.9 Å². The van der Waals surface area contributed by atoms with Gasteiger partial charge in [-0.15, -0.1) is 0 Å².